The molecule has 1 fully saturated rings. The molecule has 2 heterocycles. The number of nitrogen functional groups attached to an aromatic ring is 1. The largest absolute Gasteiger partial charge is 0.395 e. The van der Waals surface area contributed by atoms with Crippen molar-refractivity contribution < 1.29 is 9.53 Å². The molecule has 0 bridgehead atoms. The molecule has 0 unspecified atom stereocenters. The number of nitrogens with one attached hydrogen (secondary N) is 2. The van der Waals surface area contributed by atoms with Crippen LogP contribution in [0.5, 0.6) is 0 Å². The van der Waals surface area contributed by atoms with E-state index in [1.807, 2.05) is 0 Å². The van der Waals surface area contributed by atoms with Crippen molar-refractivity contribution >= 4 is 11.6 Å². The monoisotopic (exact) mass is 224 g/mol. The zero-order valence-electron chi connectivity index (χ0n) is 9.25. The predicted molar refractivity (Wildman–Crippen MR) is 59.0 cm³/mol. The van der Waals surface area contributed by atoms with Crippen LogP contribution in [0.15, 0.2) is 0 Å². The SMILES string of the molecule is Cc1[nH]nc(C(=O)NC2CCOCC2)c1N. The van der Waals surface area contributed by atoms with Crippen molar-refractivity contribution in [1.82, 2.24) is 15.5 Å². The molecular formula is C10H16N4O2. The van der Waals surface area contributed by atoms with Crippen LogP contribution in [-0.2, 0) is 4.74 Å². The minimum atomic E-state index is -0.214. The first kappa shape index (κ1) is 10.9. The molecule has 6 nitrogen and oxygen atoms in total. The van der Waals surface area contributed by atoms with Gasteiger partial charge in [0.2, 0.25) is 0 Å². The zero-order valence-corrected chi connectivity index (χ0v) is 9.25. The van der Waals surface area contributed by atoms with E-state index in [0.29, 0.717) is 18.9 Å². The Balaban J connectivity index is 1.99. The van der Waals surface area contributed by atoms with E-state index < -0.39 is 0 Å². The summed E-state index contributed by atoms with van der Waals surface area (Å²) < 4.78 is 5.22. The second kappa shape index (κ2) is 4.52. The van der Waals surface area contributed by atoms with Crippen LogP contribution in [0.4, 0.5) is 5.69 Å². The molecule has 1 amide bonds. The average molecular weight is 224 g/mol. The number of amides is 1. The van der Waals surface area contributed by atoms with E-state index in [0.717, 1.165) is 18.5 Å². The first-order chi connectivity index (χ1) is 7.68. The second-order valence-corrected chi connectivity index (χ2v) is 3.97. The molecule has 0 aliphatic carbocycles. The van der Waals surface area contributed by atoms with Gasteiger partial charge in [0.05, 0.1) is 11.4 Å². The summed E-state index contributed by atoms with van der Waals surface area (Å²) in [6.07, 6.45) is 1.68. The Labute approximate surface area is 93.5 Å². The minimum Gasteiger partial charge on any atom is -0.395 e. The van der Waals surface area contributed by atoms with Crippen LogP contribution in [0.3, 0.4) is 0 Å². The van der Waals surface area contributed by atoms with E-state index in [2.05, 4.69) is 15.5 Å². The number of rotatable bonds is 2. The number of carbonyl (C=O) groups excluding carboxylic acids is 1. The fourth-order valence-electron chi connectivity index (χ4n) is 1.71. The summed E-state index contributed by atoms with van der Waals surface area (Å²) in [5.41, 5.74) is 7.15. The number of aryl methyl sites for hydroxylation is 1. The first-order valence-electron chi connectivity index (χ1n) is 5.37. The fraction of sp³-hybridized carbons (Fsp3) is 0.600. The normalized spacial score (nSPS) is 17.3. The van der Waals surface area contributed by atoms with E-state index in [9.17, 15) is 4.79 Å². The van der Waals surface area contributed by atoms with Crippen molar-refractivity contribution in [2.24, 2.45) is 0 Å². The molecule has 0 saturated carbocycles. The second-order valence-electron chi connectivity index (χ2n) is 3.97. The molecule has 1 aliphatic rings. The number of aromatic amines is 1. The Kier molecular flexibility index (Phi) is 3.09. The molecule has 0 spiro atoms. The van der Waals surface area contributed by atoms with Crippen LogP contribution in [0.2, 0.25) is 0 Å². The summed E-state index contributed by atoms with van der Waals surface area (Å²) in [5.74, 6) is -0.214. The van der Waals surface area contributed by atoms with Gasteiger partial charge in [-0.25, -0.2) is 0 Å². The lowest BCUT2D eigenvalue weighted by molar-refractivity contribution is 0.0694. The highest BCUT2D eigenvalue weighted by Crippen LogP contribution is 2.13. The molecule has 6 heteroatoms. The maximum atomic E-state index is 11.8. The molecular weight excluding hydrogens is 208 g/mol. The number of hydrogen-bond acceptors (Lipinski definition) is 4. The third-order valence-corrected chi connectivity index (χ3v) is 2.77. The Morgan fingerprint density at radius 2 is 2.25 bits per heavy atom. The van der Waals surface area contributed by atoms with E-state index in [1.165, 1.54) is 0 Å². The van der Waals surface area contributed by atoms with Crippen molar-refractivity contribution in [3.05, 3.63) is 11.4 Å². The number of carbonyl (C=O) groups is 1. The standard InChI is InChI=1S/C10H16N4O2/c1-6-8(11)9(14-13-6)10(15)12-7-2-4-16-5-3-7/h7H,2-5,11H2,1H3,(H,12,15)(H,13,14). The smallest absolute Gasteiger partial charge is 0.274 e. The van der Waals surface area contributed by atoms with Crippen molar-refractivity contribution in [3.63, 3.8) is 0 Å². The molecule has 2 rings (SSSR count). The number of nitrogens with two attached hydrogens (primary N) is 1. The van der Waals surface area contributed by atoms with Crippen molar-refractivity contribution in [2.75, 3.05) is 18.9 Å². The van der Waals surface area contributed by atoms with Crippen LogP contribution >= 0.6 is 0 Å². The lowest BCUT2D eigenvalue weighted by Crippen LogP contribution is -2.39. The van der Waals surface area contributed by atoms with Gasteiger partial charge in [-0.15, -0.1) is 0 Å². The lowest BCUT2D eigenvalue weighted by atomic mass is 10.1. The highest BCUT2D eigenvalue weighted by molar-refractivity contribution is 5.97. The van der Waals surface area contributed by atoms with E-state index >= 15 is 0 Å². The summed E-state index contributed by atoms with van der Waals surface area (Å²) in [6.45, 7) is 3.17. The Morgan fingerprint density at radius 1 is 1.56 bits per heavy atom. The highest BCUT2D eigenvalue weighted by Gasteiger charge is 2.20. The first-order valence-corrected chi connectivity index (χ1v) is 5.37. The van der Waals surface area contributed by atoms with Gasteiger partial charge in [-0.05, 0) is 19.8 Å². The molecule has 4 N–H and O–H groups in total. The highest BCUT2D eigenvalue weighted by atomic mass is 16.5. The Hall–Kier alpha value is -1.56. The van der Waals surface area contributed by atoms with E-state index in [4.69, 9.17) is 10.5 Å². The number of anilines is 1. The summed E-state index contributed by atoms with van der Waals surface area (Å²) in [6, 6.07) is 0.164. The summed E-state index contributed by atoms with van der Waals surface area (Å²) >= 11 is 0. The maximum Gasteiger partial charge on any atom is 0.274 e. The molecule has 0 atom stereocenters. The van der Waals surface area contributed by atoms with Crippen LogP contribution < -0.4 is 11.1 Å². The Bertz CT molecular complexity index is 382. The molecule has 88 valence electrons. The number of H-pyrrole nitrogens is 1. The number of hydrogen-bond donors (Lipinski definition) is 3. The van der Waals surface area contributed by atoms with Crippen LogP contribution in [0.25, 0.3) is 0 Å². The van der Waals surface area contributed by atoms with Gasteiger partial charge in [0.15, 0.2) is 5.69 Å². The summed E-state index contributed by atoms with van der Waals surface area (Å²) in [4.78, 5) is 11.8. The molecule has 1 aliphatic heterocycles. The van der Waals surface area contributed by atoms with Gasteiger partial charge < -0.3 is 15.8 Å². The molecule has 0 aromatic carbocycles. The zero-order chi connectivity index (χ0) is 11.5. The van der Waals surface area contributed by atoms with Gasteiger partial charge in [0, 0.05) is 19.3 Å². The van der Waals surface area contributed by atoms with Gasteiger partial charge in [-0.2, -0.15) is 5.10 Å². The fourth-order valence-corrected chi connectivity index (χ4v) is 1.71. The van der Waals surface area contributed by atoms with Gasteiger partial charge in [-0.3, -0.25) is 9.89 Å². The van der Waals surface area contributed by atoms with Gasteiger partial charge in [-0.1, -0.05) is 0 Å². The van der Waals surface area contributed by atoms with E-state index in [1.54, 1.807) is 6.92 Å². The quantitative estimate of drug-likeness (QED) is 0.669. The molecule has 0 radical (unpaired) electrons. The molecule has 16 heavy (non-hydrogen) atoms. The molecule has 1 aromatic heterocycles. The maximum absolute atomic E-state index is 11.8. The summed E-state index contributed by atoms with van der Waals surface area (Å²) in [7, 11) is 0. The topological polar surface area (TPSA) is 93.0 Å². The van der Waals surface area contributed by atoms with Gasteiger partial charge in [0.25, 0.3) is 5.91 Å². The number of ether oxygens (including phenoxy) is 1. The lowest BCUT2D eigenvalue weighted by Gasteiger charge is -2.22. The number of aromatic nitrogens is 2. The van der Waals surface area contributed by atoms with Crippen molar-refractivity contribution in [3.8, 4) is 0 Å². The summed E-state index contributed by atoms with van der Waals surface area (Å²) in [5, 5.41) is 9.49. The Morgan fingerprint density at radius 3 is 2.81 bits per heavy atom. The molecule has 1 aromatic rings. The predicted octanol–water partition coefficient (Wildman–Crippen LogP) is 0.209. The van der Waals surface area contributed by atoms with Gasteiger partial charge >= 0.3 is 0 Å². The third kappa shape index (κ3) is 2.16. The minimum absolute atomic E-state index is 0.164. The van der Waals surface area contributed by atoms with Crippen molar-refractivity contribution in [2.45, 2.75) is 25.8 Å². The molecule has 1 saturated heterocycles. The van der Waals surface area contributed by atoms with Crippen molar-refractivity contribution in [1.29, 1.82) is 0 Å². The van der Waals surface area contributed by atoms with E-state index in [-0.39, 0.29) is 17.6 Å². The third-order valence-electron chi connectivity index (χ3n) is 2.77. The van der Waals surface area contributed by atoms with Crippen LogP contribution in [-0.4, -0.2) is 35.4 Å². The van der Waals surface area contributed by atoms with Crippen LogP contribution in [0.1, 0.15) is 29.0 Å². The van der Waals surface area contributed by atoms with Gasteiger partial charge in [0.1, 0.15) is 0 Å². The number of nitrogens with zero attached hydrogens (tertiary/aromatic N) is 1. The van der Waals surface area contributed by atoms with Crippen LogP contribution in [0, 0.1) is 6.92 Å². The average Bonchev–Trinajstić information content (AvgIpc) is 2.61.